The Labute approximate surface area is 158 Å². The van der Waals surface area contributed by atoms with Gasteiger partial charge in [-0.15, -0.1) is 0 Å². The van der Waals surface area contributed by atoms with Crippen molar-refractivity contribution in [2.24, 2.45) is 0 Å². The number of hydrogen-bond donors (Lipinski definition) is 0. The minimum absolute atomic E-state index is 0.0530. The molecule has 1 aromatic rings. The van der Waals surface area contributed by atoms with Crippen molar-refractivity contribution >= 4 is 17.7 Å². The number of imide groups is 1. The quantitative estimate of drug-likeness (QED) is 0.754. The van der Waals surface area contributed by atoms with Gasteiger partial charge in [0.05, 0.1) is 24.3 Å². The Hall–Kier alpha value is -2.25. The molecule has 3 aliphatic heterocycles. The third-order valence-corrected chi connectivity index (χ3v) is 5.55. The molecule has 2 fully saturated rings. The standard InChI is InChI=1S/C20H24N2O5/c23-17(21-11-8-20(9-12-21)26-13-4-14-27-20)7-3-10-22-18(24)15-5-1-2-6-16(15)19(22)25/h1-2,5-6H,3-4,7-14H2. The van der Waals surface area contributed by atoms with E-state index in [0.29, 0.717) is 63.1 Å². The molecule has 27 heavy (non-hydrogen) atoms. The van der Waals surface area contributed by atoms with Gasteiger partial charge in [-0.25, -0.2) is 0 Å². The molecule has 1 spiro atoms. The first kappa shape index (κ1) is 18.1. The Morgan fingerprint density at radius 3 is 2.19 bits per heavy atom. The van der Waals surface area contributed by atoms with E-state index in [1.54, 1.807) is 24.3 Å². The first-order valence-electron chi connectivity index (χ1n) is 9.61. The summed E-state index contributed by atoms with van der Waals surface area (Å²) in [6, 6.07) is 6.83. The van der Waals surface area contributed by atoms with E-state index in [0.717, 1.165) is 6.42 Å². The van der Waals surface area contributed by atoms with Gasteiger partial charge in [-0.05, 0) is 25.0 Å². The number of fused-ring (bicyclic) bond motifs is 1. The first-order valence-corrected chi connectivity index (χ1v) is 9.61. The largest absolute Gasteiger partial charge is 0.350 e. The molecule has 4 rings (SSSR count). The highest BCUT2D eigenvalue weighted by molar-refractivity contribution is 6.21. The molecular formula is C20H24N2O5. The topological polar surface area (TPSA) is 76.2 Å². The molecule has 3 heterocycles. The number of nitrogens with zero attached hydrogens (tertiary/aromatic N) is 2. The number of benzene rings is 1. The van der Waals surface area contributed by atoms with Gasteiger partial charge in [0.2, 0.25) is 5.91 Å². The van der Waals surface area contributed by atoms with Crippen molar-refractivity contribution in [1.82, 2.24) is 9.80 Å². The second-order valence-corrected chi connectivity index (χ2v) is 7.25. The Bertz CT molecular complexity index is 711. The Morgan fingerprint density at radius 2 is 1.59 bits per heavy atom. The second kappa shape index (κ2) is 7.40. The minimum atomic E-state index is -0.505. The van der Waals surface area contributed by atoms with Gasteiger partial charge in [0.1, 0.15) is 0 Å². The van der Waals surface area contributed by atoms with E-state index in [1.807, 2.05) is 4.90 Å². The Morgan fingerprint density at radius 1 is 1.00 bits per heavy atom. The Kier molecular flexibility index (Phi) is 4.97. The lowest BCUT2D eigenvalue weighted by Gasteiger charge is -2.43. The van der Waals surface area contributed by atoms with E-state index < -0.39 is 5.79 Å². The molecule has 2 saturated heterocycles. The summed E-state index contributed by atoms with van der Waals surface area (Å²) in [4.78, 5) is 40.2. The van der Waals surface area contributed by atoms with Gasteiger partial charge < -0.3 is 14.4 Å². The van der Waals surface area contributed by atoms with Crippen LogP contribution in [0.15, 0.2) is 24.3 Å². The molecule has 0 aliphatic carbocycles. The number of rotatable bonds is 4. The van der Waals surface area contributed by atoms with Crippen molar-refractivity contribution in [2.75, 3.05) is 32.8 Å². The lowest BCUT2D eigenvalue weighted by molar-refractivity contribution is -0.282. The molecule has 3 aliphatic rings. The van der Waals surface area contributed by atoms with Crippen LogP contribution in [0.25, 0.3) is 0 Å². The van der Waals surface area contributed by atoms with Gasteiger partial charge in [-0.3, -0.25) is 19.3 Å². The molecule has 3 amide bonds. The van der Waals surface area contributed by atoms with Crippen LogP contribution in [0, 0.1) is 0 Å². The average molecular weight is 372 g/mol. The molecule has 7 heteroatoms. The SMILES string of the molecule is O=C(CCCN1C(=O)c2ccccc2C1=O)N1CCC2(CC1)OCCCO2. The zero-order chi connectivity index (χ0) is 18.9. The normalized spacial score (nSPS) is 21.6. The van der Waals surface area contributed by atoms with E-state index >= 15 is 0 Å². The summed E-state index contributed by atoms with van der Waals surface area (Å²) < 4.78 is 11.6. The monoisotopic (exact) mass is 372 g/mol. The van der Waals surface area contributed by atoms with E-state index in [9.17, 15) is 14.4 Å². The predicted molar refractivity (Wildman–Crippen MR) is 96.1 cm³/mol. The maximum Gasteiger partial charge on any atom is 0.261 e. The van der Waals surface area contributed by atoms with Crippen molar-refractivity contribution in [3.63, 3.8) is 0 Å². The van der Waals surface area contributed by atoms with Gasteiger partial charge >= 0.3 is 0 Å². The zero-order valence-electron chi connectivity index (χ0n) is 15.3. The van der Waals surface area contributed by atoms with Crippen molar-refractivity contribution < 1.29 is 23.9 Å². The third kappa shape index (κ3) is 3.49. The number of ether oxygens (including phenoxy) is 2. The lowest BCUT2D eigenvalue weighted by atomic mass is 10.0. The summed E-state index contributed by atoms with van der Waals surface area (Å²) in [5.74, 6) is -0.990. The summed E-state index contributed by atoms with van der Waals surface area (Å²) in [5.41, 5.74) is 0.894. The Balaban J connectivity index is 1.25. The number of amides is 3. The third-order valence-electron chi connectivity index (χ3n) is 5.55. The van der Waals surface area contributed by atoms with Gasteiger partial charge in [0.25, 0.3) is 11.8 Å². The second-order valence-electron chi connectivity index (χ2n) is 7.25. The molecule has 1 aromatic carbocycles. The van der Waals surface area contributed by atoms with Crippen molar-refractivity contribution in [1.29, 1.82) is 0 Å². The molecule has 0 unspecified atom stereocenters. The highest BCUT2D eigenvalue weighted by Gasteiger charge is 2.39. The maximum absolute atomic E-state index is 12.5. The van der Waals surface area contributed by atoms with E-state index in [4.69, 9.17) is 9.47 Å². The number of piperidine rings is 1. The summed E-state index contributed by atoms with van der Waals surface area (Å²) in [5, 5.41) is 0. The summed E-state index contributed by atoms with van der Waals surface area (Å²) in [6.07, 6.45) is 3.09. The minimum Gasteiger partial charge on any atom is -0.350 e. The van der Waals surface area contributed by atoms with E-state index in [-0.39, 0.29) is 24.3 Å². The molecule has 0 radical (unpaired) electrons. The summed E-state index contributed by atoms with van der Waals surface area (Å²) in [7, 11) is 0. The fourth-order valence-corrected chi connectivity index (χ4v) is 3.99. The van der Waals surface area contributed by atoms with Crippen LogP contribution in [-0.4, -0.2) is 66.2 Å². The highest BCUT2D eigenvalue weighted by atomic mass is 16.7. The number of carbonyl (C=O) groups excluding carboxylic acids is 3. The predicted octanol–water partition coefficient (Wildman–Crippen LogP) is 1.82. The van der Waals surface area contributed by atoms with Crippen LogP contribution in [0.5, 0.6) is 0 Å². The van der Waals surface area contributed by atoms with Crippen LogP contribution in [0.1, 0.15) is 52.8 Å². The van der Waals surface area contributed by atoms with Crippen molar-refractivity contribution in [3.05, 3.63) is 35.4 Å². The molecule has 0 bridgehead atoms. The lowest BCUT2D eigenvalue weighted by Crippen LogP contribution is -2.51. The maximum atomic E-state index is 12.5. The highest BCUT2D eigenvalue weighted by Crippen LogP contribution is 2.31. The first-order chi connectivity index (χ1) is 13.1. The molecule has 0 N–H and O–H groups in total. The average Bonchev–Trinajstić information content (AvgIpc) is 2.94. The van der Waals surface area contributed by atoms with E-state index in [1.165, 1.54) is 4.90 Å². The van der Waals surface area contributed by atoms with Gasteiger partial charge in [0, 0.05) is 38.9 Å². The van der Waals surface area contributed by atoms with Crippen molar-refractivity contribution in [2.45, 2.75) is 37.9 Å². The smallest absolute Gasteiger partial charge is 0.261 e. The number of hydrogen-bond acceptors (Lipinski definition) is 5. The van der Waals surface area contributed by atoms with Crippen molar-refractivity contribution in [3.8, 4) is 0 Å². The van der Waals surface area contributed by atoms with Gasteiger partial charge in [-0.1, -0.05) is 12.1 Å². The van der Waals surface area contributed by atoms with Crippen LogP contribution < -0.4 is 0 Å². The summed E-state index contributed by atoms with van der Waals surface area (Å²) in [6.45, 7) is 2.93. The van der Waals surface area contributed by atoms with Crippen LogP contribution in [0.3, 0.4) is 0 Å². The zero-order valence-corrected chi connectivity index (χ0v) is 15.3. The van der Waals surface area contributed by atoms with E-state index in [2.05, 4.69) is 0 Å². The van der Waals surface area contributed by atoms with Crippen LogP contribution in [-0.2, 0) is 14.3 Å². The molecular weight excluding hydrogens is 348 g/mol. The summed E-state index contributed by atoms with van der Waals surface area (Å²) >= 11 is 0. The van der Waals surface area contributed by atoms with Crippen LogP contribution >= 0.6 is 0 Å². The fourth-order valence-electron chi connectivity index (χ4n) is 3.99. The van der Waals surface area contributed by atoms with Crippen LogP contribution in [0.2, 0.25) is 0 Å². The van der Waals surface area contributed by atoms with Gasteiger partial charge in [-0.2, -0.15) is 0 Å². The molecule has 7 nitrogen and oxygen atoms in total. The molecule has 144 valence electrons. The number of carbonyl (C=O) groups is 3. The van der Waals surface area contributed by atoms with Gasteiger partial charge in [0.15, 0.2) is 5.79 Å². The number of likely N-dealkylation sites (tertiary alicyclic amines) is 1. The molecule has 0 aromatic heterocycles. The molecule has 0 atom stereocenters. The fraction of sp³-hybridized carbons (Fsp3) is 0.550. The molecule has 0 saturated carbocycles. The van der Waals surface area contributed by atoms with Crippen LogP contribution in [0.4, 0.5) is 0 Å².